The Morgan fingerprint density at radius 2 is 1.86 bits per heavy atom. The second-order valence-electron chi connectivity index (χ2n) is 4.94. The van der Waals surface area contributed by atoms with Crippen molar-refractivity contribution < 1.29 is 12.8 Å². The highest BCUT2D eigenvalue weighted by Crippen LogP contribution is 2.20. The Kier molecular flexibility index (Phi) is 5.28. The van der Waals surface area contributed by atoms with Gasteiger partial charge in [0.2, 0.25) is 10.0 Å². The second kappa shape index (κ2) is 6.98. The number of nitriles is 1. The summed E-state index contributed by atoms with van der Waals surface area (Å²) < 4.78 is 39.8. The van der Waals surface area contributed by atoms with Crippen LogP contribution in [0.2, 0.25) is 0 Å². The molecule has 0 spiro atoms. The van der Waals surface area contributed by atoms with Crippen LogP contribution in [0.3, 0.4) is 0 Å². The quantitative estimate of drug-likeness (QED) is 0.772. The van der Waals surface area contributed by atoms with Crippen LogP contribution < -0.4 is 0 Å². The van der Waals surface area contributed by atoms with Gasteiger partial charge in [-0.2, -0.15) is 9.57 Å². The van der Waals surface area contributed by atoms with Gasteiger partial charge in [-0.05, 0) is 25.1 Å². The maximum atomic E-state index is 13.7. The number of benzene rings is 1. The number of nitrogens with zero attached hydrogens (tertiary/aromatic N) is 3. The highest BCUT2D eigenvalue weighted by molar-refractivity contribution is 7.89. The molecule has 0 aliphatic carbocycles. The molecule has 2 rings (SSSR count). The van der Waals surface area contributed by atoms with Crippen LogP contribution in [0.1, 0.15) is 12.8 Å². The van der Waals surface area contributed by atoms with Crippen LogP contribution in [-0.2, 0) is 10.0 Å². The standard InChI is InChI=1S/C14H18FN3O2S/c15-13-5-1-2-6-14(13)21(19,20)18-11-9-17(10-12-18)8-4-3-7-16/h1-2,5-6H,3-4,8-12H2. The van der Waals surface area contributed by atoms with E-state index in [1.54, 1.807) is 0 Å². The lowest BCUT2D eigenvalue weighted by Gasteiger charge is -2.33. The van der Waals surface area contributed by atoms with E-state index in [2.05, 4.69) is 11.0 Å². The van der Waals surface area contributed by atoms with Gasteiger partial charge in [-0.15, -0.1) is 0 Å². The number of hydrogen-bond acceptors (Lipinski definition) is 4. The lowest BCUT2D eigenvalue weighted by molar-refractivity contribution is 0.187. The van der Waals surface area contributed by atoms with Crippen LogP contribution in [-0.4, -0.2) is 50.3 Å². The number of unbranched alkanes of at least 4 members (excludes halogenated alkanes) is 1. The van der Waals surface area contributed by atoms with Gasteiger partial charge < -0.3 is 4.90 Å². The van der Waals surface area contributed by atoms with Gasteiger partial charge in [0.15, 0.2) is 0 Å². The normalized spacial score (nSPS) is 17.5. The van der Waals surface area contributed by atoms with Crippen molar-refractivity contribution in [2.24, 2.45) is 0 Å². The van der Waals surface area contributed by atoms with Crippen molar-refractivity contribution in [3.05, 3.63) is 30.1 Å². The molecule has 0 saturated carbocycles. The van der Waals surface area contributed by atoms with Crippen molar-refractivity contribution in [3.8, 4) is 6.07 Å². The zero-order valence-electron chi connectivity index (χ0n) is 11.7. The molecule has 1 aliphatic heterocycles. The Labute approximate surface area is 124 Å². The van der Waals surface area contributed by atoms with Gasteiger partial charge in [-0.25, -0.2) is 12.8 Å². The molecule has 0 atom stereocenters. The van der Waals surface area contributed by atoms with Gasteiger partial charge >= 0.3 is 0 Å². The lowest BCUT2D eigenvalue weighted by atomic mass is 10.3. The molecule has 7 heteroatoms. The number of hydrogen-bond donors (Lipinski definition) is 0. The first-order valence-electron chi connectivity index (χ1n) is 6.89. The van der Waals surface area contributed by atoms with E-state index in [0.717, 1.165) is 19.0 Å². The van der Waals surface area contributed by atoms with Gasteiger partial charge in [0.25, 0.3) is 0 Å². The molecule has 1 aliphatic rings. The third kappa shape index (κ3) is 3.79. The number of halogens is 1. The van der Waals surface area contributed by atoms with Gasteiger partial charge in [-0.3, -0.25) is 0 Å². The summed E-state index contributed by atoms with van der Waals surface area (Å²) in [4.78, 5) is 1.87. The molecule has 0 amide bonds. The minimum Gasteiger partial charge on any atom is -0.301 e. The molecule has 1 fully saturated rings. The van der Waals surface area contributed by atoms with Crippen LogP contribution in [0.15, 0.2) is 29.2 Å². The average Bonchev–Trinajstić information content (AvgIpc) is 2.48. The van der Waals surface area contributed by atoms with Gasteiger partial charge in [0.1, 0.15) is 10.7 Å². The summed E-state index contributed by atoms with van der Waals surface area (Å²) >= 11 is 0. The van der Waals surface area contributed by atoms with E-state index in [9.17, 15) is 12.8 Å². The first-order valence-corrected chi connectivity index (χ1v) is 8.33. The molecule has 0 unspecified atom stereocenters. The fraction of sp³-hybridized carbons (Fsp3) is 0.500. The predicted molar refractivity (Wildman–Crippen MR) is 76.4 cm³/mol. The monoisotopic (exact) mass is 311 g/mol. The van der Waals surface area contributed by atoms with E-state index in [4.69, 9.17) is 5.26 Å². The van der Waals surface area contributed by atoms with Crippen molar-refractivity contribution in [3.63, 3.8) is 0 Å². The Hall–Kier alpha value is -1.49. The molecular formula is C14H18FN3O2S. The Morgan fingerprint density at radius 3 is 2.48 bits per heavy atom. The van der Waals surface area contributed by atoms with Gasteiger partial charge in [0, 0.05) is 32.6 Å². The predicted octanol–water partition coefficient (Wildman–Crippen LogP) is 1.44. The molecule has 0 bridgehead atoms. The summed E-state index contributed by atoms with van der Waals surface area (Å²) in [7, 11) is -3.76. The fourth-order valence-corrected chi connectivity index (χ4v) is 3.86. The molecule has 0 aromatic heterocycles. The van der Waals surface area contributed by atoms with Crippen LogP contribution >= 0.6 is 0 Å². The minimum absolute atomic E-state index is 0.261. The first-order chi connectivity index (χ1) is 10.1. The smallest absolute Gasteiger partial charge is 0.246 e. The van der Waals surface area contributed by atoms with E-state index >= 15 is 0 Å². The minimum atomic E-state index is -3.76. The molecule has 21 heavy (non-hydrogen) atoms. The van der Waals surface area contributed by atoms with Crippen molar-refractivity contribution in [1.29, 1.82) is 5.26 Å². The van der Waals surface area contributed by atoms with Crippen molar-refractivity contribution in [2.45, 2.75) is 17.7 Å². The zero-order chi connectivity index (χ0) is 15.3. The summed E-state index contributed by atoms with van der Waals surface area (Å²) in [6.45, 7) is 2.71. The number of piperazine rings is 1. The van der Waals surface area contributed by atoms with Crippen LogP contribution in [0.25, 0.3) is 0 Å². The van der Waals surface area contributed by atoms with E-state index in [0.29, 0.717) is 32.6 Å². The first kappa shape index (κ1) is 15.9. The molecule has 1 heterocycles. The van der Waals surface area contributed by atoms with Crippen molar-refractivity contribution >= 4 is 10.0 Å². The third-order valence-corrected chi connectivity index (χ3v) is 5.48. The molecule has 0 N–H and O–H groups in total. The largest absolute Gasteiger partial charge is 0.301 e. The Bertz CT molecular complexity index is 619. The van der Waals surface area contributed by atoms with Gasteiger partial charge in [-0.1, -0.05) is 12.1 Å². The average molecular weight is 311 g/mol. The maximum absolute atomic E-state index is 13.7. The second-order valence-corrected chi connectivity index (χ2v) is 6.84. The summed E-state index contributed by atoms with van der Waals surface area (Å²) in [5.41, 5.74) is 0. The fourth-order valence-electron chi connectivity index (χ4n) is 2.37. The zero-order valence-corrected chi connectivity index (χ0v) is 12.5. The topological polar surface area (TPSA) is 64.4 Å². The van der Waals surface area contributed by atoms with Crippen molar-refractivity contribution in [2.75, 3.05) is 32.7 Å². The lowest BCUT2D eigenvalue weighted by Crippen LogP contribution is -2.48. The molecule has 5 nitrogen and oxygen atoms in total. The third-order valence-electron chi connectivity index (χ3n) is 3.55. The summed E-state index contributed by atoms with van der Waals surface area (Å²) in [6.07, 6.45) is 1.30. The molecular weight excluding hydrogens is 293 g/mol. The van der Waals surface area contributed by atoms with Crippen LogP contribution in [0.5, 0.6) is 0 Å². The number of sulfonamides is 1. The van der Waals surface area contributed by atoms with E-state index in [1.165, 1.54) is 22.5 Å². The Balaban J connectivity index is 1.99. The summed E-state index contributed by atoms with van der Waals surface area (Å²) in [5.74, 6) is -0.714. The van der Waals surface area contributed by atoms with E-state index in [-0.39, 0.29) is 4.90 Å². The van der Waals surface area contributed by atoms with E-state index < -0.39 is 15.8 Å². The number of rotatable bonds is 5. The molecule has 114 valence electrons. The maximum Gasteiger partial charge on any atom is 0.246 e. The van der Waals surface area contributed by atoms with Crippen LogP contribution in [0.4, 0.5) is 4.39 Å². The Morgan fingerprint density at radius 1 is 1.19 bits per heavy atom. The molecule has 1 aromatic rings. The van der Waals surface area contributed by atoms with Crippen LogP contribution in [0, 0.1) is 17.1 Å². The summed E-state index contributed by atoms with van der Waals surface area (Å²) in [6, 6.07) is 7.54. The van der Waals surface area contributed by atoms with E-state index in [1.807, 2.05) is 0 Å². The molecule has 1 aromatic carbocycles. The highest BCUT2D eigenvalue weighted by Gasteiger charge is 2.30. The molecule has 0 radical (unpaired) electrons. The molecule has 1 saturated heterocycles. The SMILES string of the molecule is N#CCCCN1CCN(S(=O)(=O)c2ccccc2F)CC1. The highest BCUT2D eigenvalue weighted by atomic mass is 32.2. The van der Waals surface area contributed by atoms with Gasteiger partial charge in [0.05, 0.1) is 6.07 Å². The summed E-state index contributed by atoms with van der Waals surface area (Å²) in [5, 5.41) is 8.50. The van der Waals surface area contributed by atoms with Crippen molar-refractivity contribution in [1.82, 2.24) is 9.21 Å².